The molecule has 5 nitrogen and oxygen atoms in total. The Hall–Kier alpha value is -0.640. The predicted octanol–water partition coefficient (Wildman–Crippen LogP) is 2.67. The number of hydrogen-bond acceptors (Lipinski definition) is 4. The van der Waals surface area contributed by atoms with E-state index >= 15 is 0 Å². The minimum absolute atomic E-state index is 0.364. The van der Waals surface area contributed by atoms with Gasteiger partial charge >= 0.3 is 7.60 Å². The SMILES string of the molecule is CCOP(=O)(OCC)C(C)n1cccn1. The predicted molar refractivity (Wildman–Crippen MR) is 57.8 cm³/mol. The van der Waals surface area contributed by atoms with Gasteiger partial charge in [0.05, 0.1) is 13.2 Å². The monoisotopic (exact) mass is 232 g/mol. The molecule has 0 spiro atoms. The minimum Gasteiger partial charge on any atom is -0.307 e. The Labute approximate surface area is 89.9 Å². The van der Waals surface area contributed by atoms with Crippen LogP contribution < -0.4 is 0 Å². The fourth-order valence-electron chi connectivity index (χ4n) is 1.26. The molecule has 1 heterocycles. The van der Waals surface area contributed by atoms with E-state index in [0.717, 1.165) is 0 Å². The van der Waals surface area contributed by atoms with Gasteiger partial charge in [0.15, 0.2) is 5.78 Å². The van der Waals surface area contributed by atoms with Crippen molar-refractivity contribution in [1.82, 2.24) is 9.78 Å². The van der Waals surface area contributed by atoms with Crippen LogP contribution in [0.1, 0.15) is 26.6 Å². The number of hydrogen-bond donors (Lipinski definition) is 0. The number of nitrogens with zero attached hydrogens (tertiary/aromatic N) is 2. The second-order valence-corrected chi connectivity index (χ2v) is 5.34. The summed E-state index contributed by atoms with van der Waals surface area (Å²) in [5, 5.41) is 4.03. The maximum Gasteiger partial charge on any atom is 0.354 e. The zero-order valence-corrected chi connectivity index (χ0v) is 10.2. The second-order valence-electron chi connectivity index (χ2n) is 2.99. The summed E-state index contributed by atoms with van der Waals surface area (Å²) >= 11 is 0. The summed E-state index contributed by atoms with van der Waals surface area (Å²) in [5.41, 5.74) is 0. The lowest BCUT2D eigenvalue weighted by Crippen LogP contribution is -2.10. The van der Waals surface area contributed by atoms with Crippen LogP contribution in [0.15, 0.2) is 18.5 Å². The molecule has 15 heavy (non-hydrogen) atoms. The summed E-state index contributed by atoms with van der Waals surface area (Å²) in [6.45, 7) is 6.09. The summed E-state index contributed by atoms with van der Waals surface area (Å²) in [5.74, 6) is -0.396. The van der Waals surface area contributed by atoms with Gasteiger partial charge in [0.2, 0.25) is 0 Å². The molecule has 1 atom stereocenters. The lowest BCUT2D eigenvalue weighted by Gasteiger charge is -2.23. The van der Waals surface area contributed by atoms with Crippen LogP contribution >= 0.6 is 7.60 Å². The summed E-state index contributed by atoms with van der Waals surface area (Å²) in [4.78, 5) is 0. The first kappa shape index (κ1) is 12.4. The van der Waals surface area contributed by atoms with Crippen molar-refractivity contribution in [2.75, 3.05) is 13.2 Å². The van der Waals surface area contributed by atoms with Gasteiger partial charge in [-0.3, -0.25) is 9.25 Å². The topological polar surface area (TPSA) is 53.4 Å². The Bertz CT molecular complexity index is 316. The second kappa shape index (κ2) is 5.45. The molecule has 6 heteroatoms. The molecule has 0 amide bonds. The third-order valence-electron chi connectivity index (χ3n) is 1.98. The fourth-order valence-corrected chi connectivity index (χ4v) is 2.91. The molecule has 0 aromatic carbocycles. The van der Waals surface area contributed by atoms with Gasteiger partial charge < -0.3 is 9.05 Å². The lowest BCUT2D eigenvalue weighted by molar-refractivity contribution is 0.204. The Balaban J connectivity index is 2.84. The van der Waals surface area contributed by atoms with Gasteiger partial charge in [0, 0.05) is 12.4 Å². The van der Waals surface area contributed by atoms with Crippen molar-refractivity contribution in [3.63, 3.8) is 0 Å². The van der Waals surface area contributed by atoms with E-state index in [-0.39, 0.29) is 0 Å². The Kier molecular flexibility index (Phi) is 4.51. The average molecular weight is 232 g/mol. The van der Waals surface area contributed by atoms with Crippen molar-refractivity contribution in [3.8, 4) is 0 Å². The van der Waals surface area contributed by atoms with Crippen LogP contribution in [-0.4, -0.2) is 23.0 Å². The maximum atomic E-state index is 12.3. The molecule has 1 aromatic rings. The van der Waals surface area contributed by atoms with E-state index in [0.29, 0.717) is 13.2 Å². The summed E-state index contributed by atoms with van der Waals surface area (Å²) in [7, 11) is -3.10. The normalized spacial score (nSPS) is 14.1. The molecule has 0 N–H and O–H groups in total. The van der Waals surface area contributed by atoms with Crippen molar-refractivity contribution < 1.29 is 13.6 Å². The van der Waals surface area contributed by atoms with Crippen LogP contribution in [-0.2, 0) is 13.6 Å². The zero-order chi connectivity index (χ0) is 11.3. The van der Waals surface area contributed by atoms with Gasteiger partial charge in [0.25, 0.3) is 0 Å². The molecule has 0 bridgehead atoms. The summed E-state index contributed by atoms with van der Waals surface area (Å²) < 4.78 is 24.4. The van der Waals surface area contributed by atoms with Crippen LogP contribution in [0.3, 0.4) is 0 Å². The lowest BCUT2D eigenvalue weighted by atomic mass is 10.7. The van der Waals surface area contributed by atoms with Gasteiger partial charge in [-0.1, -0.05) is 0 Å². The quantitative estimate of drug-likeness (QED) is 0.707. The molecule has 0 aliphatic rings. The van der Waals surface area contributed by atoms with E-state index in [4.69, 9.17) is 9.05 Å². The van der Waals surface area contributed by atoms with Crippen LogP contribution in [0.2, 0.25) is 0 Å². The summed E-state index contributed by atoms with van der Waals surface area (Å²) in [6, 6.07) is 1.78. The van der Waals surface area contributed by atoms with Gasteiger partial charge in [-0.2, -0.15) is 5.10 Å². The number of aromatic nitrogens is 2. The zero-order valence-electron chi connectivity index (χ0n) is 9.29. The van der Waals surface area contributed by atoms with E-state index < -0.39 is 13.4 Å². The highest BCUT2D eigenvalue weighted by atomic mass is 31.2. The maximum absolute atomic E-state index is 12.3. The highest BCUT2D eigenvalue weighted by molar-refractivity contribution is 7.53. The Morgan fingerprint density at radius 3 is 2.40 bits per heavy atom. The third-order valence-corrected chi connectivity index (χ3v) is 4.37. The molecule has 0 saturated carbocycles. The van der Waals surface area contributed by atoms with E-state index in [9.17, 15) is 4.57 Å². The molecule has 0 fully saturated rings. The van der Waals surface area contributed by atoms with Crippen LogP contribution in [0.25, 0.3) is 0 Å². The molecule has 1 rings (SSSR count). The first-order valence-electron chi connectivity index (χ1n) is 5.02. The Morgan fingerprint density at radius 1 is 1.40 bits per heavy atom. The average Bonchev–Trinajstić information content (AvgIpc) is 2.70. The smallest absolute Gasteiger partial charge is 0.307 e. The largest absolute Gasteiger partial charge is 0.354 e. The van der Waals surface area contributed by atoms with Crippen molar-refractivity contribution in [1.29, 1.82) is 0 Å². The van der Waals surface area contributed by atoms with Crippen molar-refractivity contribution in [2.45, 2.75) is 26.6 Å². The highest BCUT2D eigenvalue weighted by Crippen LogP contribution is 2.58. The van der Waals surface area contributed by atoms with E-state index in [1.54, 1.807) is 43.9 Å². The van der Waals surface area contributed by atoms with Crippen LogP contribution in [0.4, 0.5) is 0 Å². The van der Waals surface area contributed by atoms with Crippen molar-refractivity contribution >= 4 is 7.60 Å². The molecule has 1 aromatic heterocycles. The van der Waals surface area contributed by atoms with Gasteiger partial charge in [-0.25, -0.2) is 0 Å². The van der Waals surface area contributed by atoms with Gasteiger partial charge in [-0.05, 0) is 26.8 Å². The molecule has 0 radical (unpaired) electrons. The molecule has 0 aliphatic carbocycles. The summed E-state index contributed by atoms with van der Waals surface area (Å²) in [6.07, 6.45) is 3.38. The fraction of sp³-hybridized carbons (Fsp3) is 0.667. The number of rotatable bonds is 6. The molecule has 86 valence electrons. The Morgan fingerprint density at radius 2 is 2.00 bits per heavy atom. The third kappa shape index (κ3) is 2.91. The molecular formula is C9H17N2O3P. The molecular weight excluding hydrogens is 215 g/mol. The van der Waals surface area contributed by atoms with Crippen molar-refractivity contribution in [2.24, 2.45) is 0 Å². The van der Waals surface area contributed by atoms with Crippen LogP contribution in [0, 0.1) is 0 Å². The van der Waals surface area contributed by atoms with E-state index in [1.807, 2.05) is 0 Å². The van der Waals surface area contributed by atoms with Gasteiger partial charge in [0.1, 0.15) is 0 Å². The van der Waals surface area contributed by atoms with Gasteiger partial charge in [-0.15, -0.1) is 0 Å². The van der Waals surface area contributed by atoms with Crippen molar-refractivity contribution in [3.05, 3.63) is 18.5 Å². The van der Waals surface area contributed by atoms with E-state index in [2.05, 4.69) is 5.10 Å². The highest BCUT2D eigenvalue weighted by Gasteiger charge is 2.33. The molecule has 0 saturated heterocycles. The first-order chi connectivity index (χ1) is 7.14. The van der Waals surface area contributed by atoms with Crippen LogP contribution in [0.5, 0.6) is 0 Å². The molecule has 1 unspecified atom stereocenters. The van der Waals surface area contributed by atoms with E-state index in [1.165, 1.54) is 0 Å². The standard InChI is InChI=1S/C9H17N2O3P/c1-4-13-15(12,14-5-2)9(3)11-8-6-7-10-11/h6-9H,4-5H2,1-3H3. The molecule has 0 aliphatic heterocycles. The first-order valence-corrected chi connectivity index (χ1v) is 6.63. The minimum atomic E-state index is -3.10.